The molecule has 0 aliphatic carbocycles. The number of rotatable bonds is 9. The Balaban J connectivity index is 3.11. The van der Waals surface area contributed by atoms with Crippen molar-refractivity contribution in [3.8, 4) is 6.07 Å². The van der Waals surface area contributed by atoms with Crippen molar-refractivity contribution >= 4 is 0 Å². The van der Waals surface area contributed by atoms with Crippen LogP contribution in [0.5, 0.6) is 0 Å². The highest BCUT2D eigenvalue weighted by Gasteiger charge is 1.85. The molecule has 0 spiro atoms. The summed E-state index contributed by atoms with van der Waals surface area (Å²) in [7, 11) is 0. The average molecular weight is 203 g/mol. The van der Waals surface area contributed by atoms with Crippen molar-refractivity contribution in [3.05, 3.63) is 37.0 Å². The predicted molar refractivity (Wildman–Crippen MR) is 66.4 cm³/mol. The second kappa shape index (κ2) is 12.7. The lowest BCUT2D eigenvalue weighted by molar-refractivity contribution is 0.695. The van der Waals surface area contributed by atoms with E-state index in [0.717, 1.165) is 19.3 Å². The normalized spacial score (nSPS) is 10.9. The summed E-state index contributed by atoms with van der Waals surface area (Å²) in [5.41, 5.74) is 0. The minimum Gasteiger partial charge on any atom is -0.193 e. The van der Waals surface area contributed by atoms with Crippen molar-refractivity contribution in [1.82, 2.24) is 0 Å². The third-order valence-corrected chi connectivity index (χ3v) is 2.14. The molecule has 0 heterocycles. The van der Waals surface area contributed by atoms with Crippen LogP contribution in [0.15, 0.2) is 37.0 Å². The summed E-state index contributed by atoms with van der Waals surface area (Å²) in [5, 5.41) is 8.26. The number of hydrogen-bond acceptors (Lipinski definition) is 1. The number of nitriles is 1. The SMILES string of the molecule is C=CCC/C=C/CCCCC/C=C/C#N. The maximum atomic E-state index is 8.26. The van der Waals surface area contributed by atoms with Gasteiger partial charge in [0.05, 0.1) is 6.07 Å². The molecule has 15 heavy (non-hydrogen) atoms. The van der Waals surface area contributed by atoms with Crippen LogP contribution in [0.3, 0.4) is 0 Å². The van der Waals surface area contributed by atoms with Gasteiger partial charge in [0, 0.05) is 6.08 Å². The molecular weight excluding hydrogens is 182 g/mol. The first-order valence-electron chi connectivity index (χ1n) is 5.72. The summed E-state index contributed by atoms with van der Waals surface area (Å²) in [6.07, 6.45) is 18.1. The van der Waals surface area contributed by atoms with Crippen LogP contribution in [0, 0.1) is 11.3 Å². The molecule has 0 rings (SSSR count). The van der Waals surface area contributed by atoms with E-state index in [1.54, 1.807) is 6.08 Å². The van der Waals surface area contributed by atoms with E-state index in [1.165, 1.54) is 25.7 Å². The standard InChI is InChI=1S/C14H21N/c1-2-3-4-5-6-7-8-9-10-11-12-13-14-15/h2,5-6,12-13H,1,3-4,7-11H2/b6-5+,13-12+. The van der Waals surface area contributed by atoms with Gasteiger partial charge in [0.25, 0.3) is 0 Å². The highest BCUT2D eigenvalue weighted by molar-refractivity contribution is 5.01. The zero-order valence-electron chi connectivity index (χ0n) is 9.49. The summed E-state index contributed by atoms with van der Waals surface area (Å²) in [5.74, 6) is 0. The third-order valence-electron chi connectivity index (χ3n) is 2.14. The first kappa shape index (κ1) is 13.7. The molecule has 82 valence electrons. The second-order valence-electron chi connectivity index (χ2n) is 3.51. The van der Waals surface area contributed by atoms with E-state index in [9.17, 15) is 0 Å². The lowest BCUT2D eigenvalue weighted by Crippen LogP contribution is -1.75. The Kier molecular flexibility index (Phi) is 11.6. The molecule has 0 unspecified atom stereocenters. The fourth-order valence-corrected chi connectivity index (χ4v) is 1.29. The minimum atomic E-state index is 1.04. The monoisotopic (exact) mass is 203 g/mol. The van der Waals surface area contributed by atoms with E-state index < -0.39 is 0 Å². The molecule has 0 fully saturated rings. The molecule has 1 heteroatoms. The van der Waals surface area contributed by atoms with Crippen molar-refractivity contribution in [2.45, 2.75) is 44.9 Å². The van der Waals surface area contributed by atoms with Crippen LogP contribution in [0.1, 0.15) is 44.9 Å². The van der Waals surface area contributed by atoms with Crippen molar-refractivity contribution in [1.29, 1.82) is 5.26 Å². The van der Waals surface area contributed by atoms with E-state index in [2.05, 4.69) is 18.7 Å². The van der Waals surface area contributed by atoms with Crippen molar-refractivity contribution in [2.24, 2.45) is 0 Å². The van der Waals surface area contributed by atoms with Crippen LogP contribution in [-0.4, -0.2) is 0 Å². The maximum Gasteiger partial charge on any atom is 0.0908 e. The molecule has 0 bridgehead atoms. The molecule has 0 N–H and O–H groups in total. The van der Waals surface area contributed by atoms with Gasteiger partial charge in [-0.2, -0.15) is 5.26 Å². The molecule has 0 amide bonds. The Bertz CT molecular complexity index is 230. The van der Waals surface area contributed by atoms with Gasteiger partial charge in [-0.1, -0.05) is 30.7 Å². The van der Waals surface area contributed by atoms with Gasteiger partial charge in [0.15, 0.2) is 0 Å². The largest absolute Gasteiger partial charge is 0.193 e. The van der Waals surface area contributed by atoms with Gasteiger partial charge in [-0.15, -0.1) is 6.58 Å². The Hall–Kier alpha value is -1.29. The van der Waals surface area contributed by atoms with E-state index >= 15 is 0 Å². The van der Waals surface area contributed by atoms with Crippen molar-refractivity contribution in [3.63, 3.8) is 0 Å². The third kappa shape index (κ3) is 12.7. The smallest absolute Gasteiger partial charge is 0.0908 e. The number of allylic oxidation sites excluding steroid dienone is 5. The van der Waals surface area contributed by atoms with Gasteiger partial charge in [0.1, 0.15) is 0 Å². The summed E-state index contributed by atoms with van der Waals surface area (Å²) in [4.78, 5) is 0. The summed E-state index contributed by atoms with van der Waals surface area (Å²) < 4.78 is 0. The fourth-order valence-electron chi connectivity index (χ4n) is 1.29. The Morgan fingerprint density at radius 2 is 1.53 bits per heavy atom. The van der Waals surface area contributed by atoms with Crippen LogP contribution in [-0.2, 0) is 0 Å². The maximum absolute atomic E-state index is 8.26. The lowest BCUT2D eigenvalue weighted by Gasteiger charge is -1.94. The van der Waals surface area contributed by atoms with Gasteiger partial charge in [-0.05, 0) is 38.5 Å². The second-order valence-corrected chi connectivity index (χ2v) is 3.51. The fraction of sp³-hybridized carbons (Fsp3) is 0.500. The molecular formula is C14H21N. The molecule has 0 aliphatic heterocycles. The van der Waals surface area contributed by atoms with Gasteiger partial charge >= 0.3 is 0 Å². The topological polar surface area (TPSA) is 23.8 Å². The van der Waals surface area contributed by atoms with E-state index in [4.69, 9.17) is 5.26 Å². The highest BCUT2D eigenvalue weighted by Crippen LogP contribution is 2.04. The molecule has 0 atom stereocenters. The zero-order valence-corrected chi connectivity index (χ0v) is 9.49. The number of hydrogen-bond donors (Lipinski definition) is 0. The van der Waals surface area contributed by atoms with Crippen LogP contribution in [0.2, 0.25) is 0 Å². The molecule has 0 aliphatic rings. The lowest BCUT2D eigenvalue weighted by atomic mass is 10.1. The molecule has 0 saturated heterocycles. The van der Waals surface area contributed by atoms with Crippen LogP contribution in [0.25, 0.3) is 0 Å². The van der Waals surface area contributed by atoms with E-state index in [-0.39, 0.29) is 0 Å². The molecule has 0 radical (unpaired) electrons. The van der Waals surface area contributed by atoms with Crippen molar-refractivity contribution in [2.75, 3.05) is 0 Å². The molecule has 0 aromatic carbocycles. The Morgan fingerprint density at radius 3 is 2.20 bits per heavy atom. The quantitative estimate of drug-likeness (QED) is 0.306. The molecule has 1 nitrogen and oxygen atoms in total. The van der Waals surface area contributed by atoms with Crippen molar-refractivity contribution < 1.29 is 0 Å². The van der Waals surface area contributed by atoms with Gasteiger partial charge in [-0.3, -0.25) is 0 Å². The summed E-state index contributed by atoms with van der Waals surface area (Å²) in [6.45, 7) is 3.68. The van der Waals surface area contributed by atoms with Gasteiger partial charge in [-0.25, -0.2) is 0 Å². The molecule has 0 aromatic rings. The zero-order chi connectivity index (χ0) is 11.2. The van der Waals surface area contributed by atoms with Gasteiger partial charge in [0.2, 0.25) is 0 Å². The van der Waals surface area contributed by atoms with Crippen LogP contribution in [0.4, 0.5) is 0 Å². The minimum absolute atomic E-state index is 1.04. The van der Waals surface area contributed by atoms with Crippen LogP contribution < -0.4 is 0 Å². The predicted octanol–water partition coefficient (Wildman–Crippen LogP) is 4.54. The summed E-state index contributed by atoms with van der Waals surface area (Å²) in [6, 6.07) is 2.00. The molecule has 0 aromatic heterocycles. The van der Waals surface area contributed by atoms with E-state index in [1.807, 2.05) is 18.2 Å². The van der Waals surface area contributed by atoms with E-state index in [0.29, 0.717) is 0 Å². The summed E-state index contributed by atoms with van der Waals surface area (Å²) >= 11 is 0. The van der Waals surface area contributed by atoms with Gasteiger partial charge < -0.3 is 0 Å². The Labute approximate surface area is 93.8 Å². The molecule has 0 saturated carbocycles. The van der Waals surface area contributed by atoms with Crippen LogP contribution >= 0.6 is 0 Å². The first-order valence-corrected chi connectivity index (χ1v) is 5.72. The number of unbranched alkanes of at least 4 members (excludes halogenated alkanes) is 5. The first-order chi connectivity index (χ1) is 7.41. The Morgan fingerprint density at radius 1 is 0.867 bits per heavy atom. The highest BCUT2D eigenvalue weighted by atomic mass is 14.2. The average Bonchev–Trinajstić information content (AvgIpc) is 2.26. The number of nitrogens with zero attached hydrogens (tertiary/aromatic N) is 1.